The number of amidine groups is 1. The van der Waals surface area contributed by atoms with Crippen molar-refractivity contribution in [2.24, 2.45) is 0 Å². The first kappa shape index (κ1) is 28.3. The minimum Gasteiger partial charge on any atom is -0.371 e. The van der Waals surface area contributed by atoms with Crippen LogP contribution in [0.4, 0.5) is 11.4 Å². The van der Waals surface area contributed by atoms with Crippen LogP contribution < -0.4 is 20.8 Å². The van der Waals surface area contributed by atoms with Gasteiger partial charge < -0.3 is 10.6 Å². The molecule has 3 aromatic carbocycles. The van der Waals surface area contributed by atoms with Crippen molar-refractivity contribution in [1.29, 1.82) is 5.41 Å². The maximum Gasteiger partial charge on any atom is 0.250 e. The zero-order valence-corrected chi connectivity index (χ0v) is 23.2. The fraction of sp³-hybridized carbons (Fsp3) is 0.310. The second kappa shape index (κ2) is 11.2. The highest BCUT2D eigenvalue weighted by Gasteiger charge is 2.41. The van der Waals surface area contributed by atoms with Crippen LogP contribution in [0.25, 0.3) is 11.1 Å². The summed E-state index contributed by atoms with van der Waals surface area (Å²) in [5, 5.41) is 23.3. The quantitative estimate of drug-likeness (QED) is 0.131. The summed E-state index contributed by atoms with van der Waals surface area (Å²) in [7, 11) is -3.74. The molecule has 0 unspecified atom stereocenters. The first-order valence-electron chi connectivity index (χ1n) is 12.8. The van der Waals surface area contributed by atoms with Gasteiger partial charge in [0, 0.05) is 28.0 Å². The third kappa shape index (κ3) is 6.65. The summed E-state index contributed by atoms with van der Waals surface area (Å²) in [4.78, 5) is 13.7. The van der Waals surface area contributed by atoms with Gasteiger partial charge >= 0.3 is 0 Å². The van der Waals surface area contributed by atoms with Gasteiger partial charge in [-0.1, -0.05) is 55.3 Å². The van der Waals surface area contributed by atoms with E-state index in [1.165, 1.54) is 0 Å². The van der Waals surface area contributed by atoms with Gasteiger partial charge in [0.25, 0.3) is 0 Å². The number of amides is 1. The van der Waals surface area contributed by atoms with Gasteiger partial charge in [-0.15, -0.1) is 0 Å². The molecule has 9 nitrogen and oxygen atoms in total. The molecule has 0 radical (unpaired) electrons. The van der Waals surface area contributed by atoms with E-state index in [0.29, 0.717) is 40.9 Å². The molecule has 1 aliphatic rings. The standard InChI is InChI=1S/C29H35N5O4S/c1-28(2,3)34-39(37,38)25-12-5-4-11-24(25)20-13-15-22(16-14-20)31-27(35)29(17-6-7-18-29)32-23-10-8-9-21(19-23)26(30)33-36/h4-5,8-16,19,32,34,36H,6-7,17-18H2,1-3H3,(H2,30,33)(H,31,35). The van der Waals surface area contributed by atoms with Crippen molar-refractivity contribution >= 4 is 33.1 Å². The van der Waals surface area contributed by atoms with E-state index in [9.17, 15) is 13.2 Å². The number of carbonyl (C=O) groups excluding carboxylic acids is 1. The molecular weight excluding hydrogens is 514 g/mol. The van der Waals surface area contributed by atoms with Crippen LogP contribution in [0.1, 0.15) is 52.0 Å². The summed E-state index contributed by atoms with van der Waals surface area (Å²) in [5.74, 6) is -0.293. The molecule has 4 rings (SSSR count). The van der Waals surface area contributed by atoms with Crippen molar-refractivity contribution in [3.05, 3.63) is 78.4 Å². The van der Waals surface area contributed by atoms with Crippen molar-refractivity contribution in [1.82, 2.24) is 10.2 Å². The summed E-state index contributed by atoms with van der Waals surface area (Å²) in [5.41, 5.74) is 3.47. The van der Waals surface area contributed by atoms with Gasteiger partial charge in [0.2, 0.25) is 15.9 Å². The zero-order valence-electron chi connectivity index (χ0n) is 22.3. The SMILES string of the molecule is CC(C)(C)NS(=O)(=O)c1ccccc1-c1ccc(NC(=O)C2(Nc3cccc(C(=N)NO)c3)CCCC2)cc1. The molecule has 1 amide bonds. The van der Waals surface area contributed by atoms with E-state index in [0.717, 1.165) is 12.8 Å². The zero-order chi connectivity index (χ0) is 28.3. The Balaban J connectivity index is 1.54. The van der Waals surface area contributed by atoms with Crippen LogP contribution in [0.15, 0.2) is 77.7 Å². The third-order valence-corrected chi connectivity index (χ3v) is 8.43. The summed E-state index contributed by atoms with van der Waals surface area (Å²) in [6, 6.07) is 21.0. The lowest BCUT2D eigenvalue weighted by atomic mass is 9.95. The molecule has 6 N–H and O–H groups in total. The lowest BCUT2D eigenvalue weighted by Gasteiger charge is -2.30. The topological polar surface area (TPSA) is 143 Å². The van der Waals surface area contributed by atoms with Gasteiger partial charge in [-0.2, -0.15) is 0 Å². The van der Waals surface area contributed by atoms with Crippen molar-refractivity contribution in [2.45, 2.75) is 62.4 Å². The van der Waals surface area contributed by atoms with Gasteiger partial charge in [0.1, 0.15) is 11.4 Å². The van der Waals surface area contributed by atoms with Crippen molar-refractivity contribution in [3.63, 3.8) is 0 Å². The lowest BCUT2D eigenvalue weighted by molar-refractivity contribution is -0.120. The number of hydrogen-bond donors (Lipinski definition) is 6. The molecule has 206 valence electrons. The van der Waals surface area contributed by atoms with E-state index in [1.807, 2.05) is 11.5 Å². The Morgan fingerprint density at radius 3 is 2.23 bits per heavy atom. The van der Waals surface area contributed by atoms with Crippen molar-refractivity contribution in [3.8, 4) is 11.1 Å². The second-order valence-corrected chi connectivity index (χ2v) is 12.5. The molecule has 0 aliphatic heterocycles. The molecular formula is C29H35N5O4S. The van der Waals surface area contributed by atoms with Crippen LogP contribution in [0, 0.1) is 5.41 Å². The number of carbonyl (C=O) groups is 1. The van der Waals surface area contributed by atoms with Crippen molar-refractivity contribution in [2.75, 3.05) is 10.6 Å². The van der Waals surface area contributed by atoms with E-state index in [2.05, 4.69) is 15.4 Å². The maximum atomic E-state index is 13.5. The monoisotopic (exact) mass is 549 g/mol. The smallest absolute Gasteiger partial charge is 0.250 e. The highest BCUT2D eigenvalue weighted by Crippen LogP contribution is 2.35. The number of rotatable bonds is 8. The average molecular weight is 550 g/mol. The number of hydroxylamine groups is 1. The largest absolute Gasteiger partial charge is 0.371 e. The van der Waals surface area contributed by atoms with Crippen LogP contribution in [-0.4, -0.2) is 36.4 Å². The molecule has 3 aromatic rings. The Morgan fingerprint density at radius 1 is 0.923 bits per heavy atom. The molecule has 10 heteroatoms. The summed E-state index contributed by atoms with van der Waals surface area (Å²) < 4.78 is 28.8. The molecule has 1 fully saturated rings. The van der Waals surface area contributed by atoms with E-state index >= 15 is 0 Å². The highest BCUT2D eigenvalue weighted by atomic mass is 32.2. The molecule has 0 atom stereocenters. The first-order chi connectivity index (χ1) is 18.4. The van der Waals surface area contributed by atoms with E-state index in [-0.39, 0.29) is 16.6 Å². The van der Waals surface area contributed by atoms with Gasteiger partial charge in [-0.25, -0.2) is 13.1 Å². The minimum atomic E-state index is -3.74. The number of nitrogens with one attached hydrogen (secondary N) is 5. The summed E-state index contributed by atoms with van der Waals surface area (Å²) in [6.45, 7) is 5.39. The van der Waals surface area contributed by atoms with Crippen LogP contribution in [0.2, 0.25) is 0 Å². The van der Waals surface area contributed by atoms with Gasteiger partial charge in [0.05, 0.1) is 4.90 Å². The molecule has 0 heterocycles. The molecule has 0 spiro atoms. The van der Waals surface area contributed by atoms with Gasteiger partial charge in [0.15, 0.2) is 0 Å². The number of sulfonamides is 1. The fourth-order valence-corrected chi connectivity index (χ4v) is 6.51. The van der Waals surface area contributed by atoms with Crippen LogP contribution >= 0.6 is 0 Å². The van der Waals surface area contributed by atoms with Crippen LogP contribution in [0.3, 0.4) is 0 Å². The predicted molar refractivity (Wildman–Crippen MR) is 154 cm³/mol. The molecule has 0 aromatic heterocycles. The van der Waals surface area contributed by atoms with E-state index in [1.54, 1.807) is 87.5 Å². The molecule has 0 bridgehead atoms. The predicted octanol–water partition coefficient (Wildman–Crippen LogP) is 5.10. The second-order valence-electron chi connectivity index (χ2n) is 10.9. The van der Waals surface area contributed by atoms with Gasteiger partial charge in [-0.05, 0) is 69.5 Å². The third-order valence-electron chi connectivity index (χ3n) is 6.61. The molecule has 39 heavy (non-hydrogen) atoms. The normalized spacial score (nSPS) is 15.0. The fourth-order valence-electron chi connectivity index (χ4n) is 4.86. The van der Waals surface area contributed by atoms with Crippen molar-refractivity contribution < 1.29 is 18.4 Å². The number of hydrogen-bond acceptors (Lipinski definition) is 6. The maximum absolute atomic E-state index is 13.5. The Kier molecular flexibility index (Phi) is 8.10. The highest BCUT2D eigenvalue weighted by molar-refractivity contribution is 7.89. The molecule has 0 saturated heterocycles. The van der Waals surface area contributed by atoms with Gasteiger partial charge in [-0.3, -0.25) is 20.9 Å². The molecule has 1 saturated carbocycles. The van der Waals surface area contributed by atoms with E-state index in [4.69, 9.17) is 10.6 Å². The molecule has 1 aliphatic carbocycles. The Labute approximate surface area is 229 Å². The average Bonchev–Trinajstić information content (AvgIpc) is 3.37. The number of benzene rings is 3. The minimum absolute atomic E-state index is 0.132. The van der Waals surface area contributed by atoms with Crippen LogP contribution in [-0.2, 0) is 14.8 Å². The number of anilines is 2. The summed E-state index contributed by atoms with van der Waals surface area (Å²) >= 11 is 0. The Morgan fingerprint density at radius 2 is 1.59 bits per heavy atom. The lowest BCUT2D eigenvalue weighted by Crippen LogP contribution is -2.47. The first-order valence-corrected chi connectivity index (χ1v) is 14.3. The summed E-state index contributed by atoms with van der Waals surface area (Å²) in [6.07, 6.45) is 3.12. The Hall–Kier alpha value is -3.73. The van der Waals surface area contributed by atoms with E-state index < -0.39 is 21.1 Å². The van der Waals surface area contributed by atoms with Crippen LogP contribution in [0.5, 0.6) is 0 Å². The Bertz CT molecular complexity index is 1460.